The van der Waals surface area contributed by atoms with Crippen molar-refractivity contribution in [2.75, 3.05) is 19.0 Å². The van der Waals surface area contributed by atoms with Crippen molar-refractivity contribution < 1.29 is 9.47 Å². The number of halogens is 1. The van der Waals surface area contributed by atoms with Crippen molar-refractivity contribution in [3.8, 4) is 17.6 Å². The number of nitrogens with one attached hydrogen (secondary N) is 1. The summed E-state index contributed by atoms with van der Waals surface area (Å²) in [5.74, 6) is 1.51. The summed E-state index contributed by atoms with van der Waals surface area (Å²) in [7, 11) is 1.65. The minimum absolute atomic E-state index is 0.0591. The first kappa shape index (κ1) is 15.2. The Morgan fingerprint density at radius 2 is 1.86 bits per heavy atom. The van der Waals surface area contributed by atoms with Gasteiger partial charge in [0.15, 0.2) is 6.61 Å². The van der Waals surface area contributed by atoms with Crippen LogP contribution >= 0.6 is 15.9 Å². The number of hydrogen-bond donors (Lipinski definition) is 1. The Balaban J connectivity index is 1.98. The molecule has 0 amide bonds. The van der Waals surface area contributed by atoms with Crippen LogP contribution in [-0.2, 0) is 6.54 Å². The van der Waals surface area contributed by atoms with Gasteiger partial charge in [0, 0.05) is 16.7 Å². The third kappa shape index (κ3) is 4.40. The van der Waals surface area contributed by atoms with E-state index in [0.717, 1.165) is 21.5 Å². The van der Waals surface area contributed by atoms with Crippen molar-refractivity contribution in [3.63, 3.8) is 0 Å². The van der Waals surface area contributed by atoms with E-state index in [1.54, 1.807) is 7.11 Å². The topological polar surface area (TPSA) is 54.3 Å². The Morgan fingerprint density at radius 3 is 2.52 bits per heavy atom. The van der Waals surface area contributed by atoms with Crippen LogP contribution in [0.5, 0.6) is 11.5 Å². The molecule has 0 fully saturated rings. The molecule has 0 heterocycles. The summed E-state index contributed by atoms with van der Waals surface area (Å²) in [5, 5.41) is 11.8. The van der Waals surface area contributed by atoms with E-state index >= 15 is 0 Å². The maximum atomic E-state index is 8.46. The number of nitriles is 1. The molecule has 4 nitrogen and oxygen atoms in total. The van der Waals surface area contributed by atoms with Gasteiger partial charge in [0.25, 0.3) is 0 Å². The third-order valence-corrected chi connectivity index (χ3v) is 3.67. The second kappa shape index (κ2) is 7.55. The highest BCUT2D eigenvalue weighted by atomic mass is 79.9. The highest BCUT2D eigenvalue weighted by Crippen LogP contribution is 2.24. The molecule has 0 aliphatic rings. The Kier molecular flexibility index (Phi) is 5.47. The number of anilines is 1. The Bertz CT molecular complexity index is 636. The van der Waals surface area contributed by atoms with E-state index in [9.17, 15) is 0 Å². The largest absolute Gasteiger partial charge is 0.497 e. The molecule has 5 heteroatoms. The molecule has 2 rings (SSSR count). The fourth-order valence-corrected chi connectivity index (χ4v) is 2.18. The number of nitrogens with zero attached hydrogens (tertiary/aromatic N) is 1. The van der Waals surface area contributed by atoms with E-state index < -0.39 is 0 Å². The molecule has 0 saturated heterocycles. The molecule has 0 aliphatic heterocycles. The summed E-state index contributed by atoms with van der Waals surface area (Å²) in [4.78, 5) is 0. The van der Waals surface area contributed by atoms with E-state index in [-0.39, 0.29) is 6.61 Å². The summed E-state index contributed by atoms with van der Waals surface area (Å²) in [5.41, 5.74) is 2.09. The molecule has 1 N–H and O–H groups in total. The highest BCUT2D eigenvalue weighted by molar-refractivity contribution is 9.10. The standard InChI is InChI=1S/C16H15BrN2O2/c1-20-15-6-7-16(17)12(10-15)11-19-13-2-4-14(5-3-13)21-9-8-18/h2-7,10,19H,9,11H2,1H3. The number of ether oxygens (including phenoxy) is 2. The molecular weight excluding hydrogens is 332 g/mol. The smallest absolute Gasteiger partial charge is 0.174 e. The maximum Gasteiger partial charge on any atom is 0.174 e. The molecular formula is C16H15BrN2O2. The monoisotopic (exact) mass is 346 g/mol. The lowest BCUT2D eigenvalue weighted by molar-refractivity contribution is 0.368. The zero-order valence-corrected chi connectivity index (χ0v) is 13.2. The lowest BCUT2D eigenvalue weighted by atomic mass is 10.2. The SMILES string of the molecule is COc1ccc(Br)c(CNc2ccc(OCC#N)cc2)c1. The van der Waals surface area contributed by atoms with Gasteiger partial charge in [-0.15, -0.1) is 0 Å². The minimum atomic E-state index is 0.0591. The molecule has 0 bridgehead atoms. The van der Waals surface area contributed by atoms with Crippen molar-refractivity contribution in [1.29, 1.82) is 5.26 Å². The number of methoxy groups -OCH3 is 1. The molecule has 0 saturated carbocycles. The van der Waals surface area contributed by atoms with E-state index in [2.05, 4.69) is 21.2 Å². The van der Waals surface area contributed by atoms with Gasteiger partial charge in [0.1, 0.15) is 17.6 Å². The summed E-state index contributed by atoms with van der Waals surface area (Å²) in [6, 6.07) is 15.3. The fraction of sp³-hybridized carbons (Fsp3) is 0.188. The lowest BCUT2D eigenvalue weighted by Crippen LogP contribution is -2.01. The molecule has 2 aromatic rings. The van der Waals surface area contributed by atoms with E-state index in [1.165, 1.54) is 0 Å². The van der Waals surface area contributed by atoms with Crippen molar-refractivity contribution in [3.05, 3.63) is 52.5 Å². The van der Waals surface area contributed by atoms with Crippen LogP contribution in [-0.4, -0.2) is 13.7 Å². The summed E-state index contributed by atoms with van der Waals surface area (Å²) < 4.78 is 11.5. The van der Waals surface area contributed by atoms with Crippen LogP contribution in [0, 0.1) is 11.3 Å². The summed E-state index contributed by atoms with van der Waals surface area (Å²) >= 11 is 3.53. The van der Waals surface area contributed by atoms with Crippen LogP contribution in [0.1, 0.15) is 5.56 Å². The number of rotatable bonds is 6. The predicted molar refractivity (Wildman–Crippen MR) is 85.6 cm³/mol. The second-order valence-corrected chi connectivity index (χ2v) is 5.14. The molecule has 108 valence electrons. The highest BCUT2D eigenvalue weighted by Gasteiger charge is 2.02. The minimum Gasteiger partial charge on any atom is -0.497 e. The van der Waals surface area contributed by atoms with Crippen molar-refractivity contribution in [1.82, 2.24) is 0 Å². The molecule has 21 heavy (non-hydrogen) atoms. The van der Waals surface area contributed by atoms with Gasteiger partial charge in [-0.1, -0.05) is 15.9 Å². The van der Waals surface area contributed by atoms with Crippen molar-refractivity contribution in [2.45, 2.75) is 6.54 Å². The first-order chi connectivity index (χ1) is 10.2. The fourth-order valence-electron chi connectivity index (χ4n) is 1.80. The van der Waals surface area contributed by atoms with Gasteiger partial charge >= 0.3 is 0 Å². The Labute approximate surface area is 132 Å². The van der Waals surface area contributed by atoms with Gasteiger partial charge in [-0.2, -0.15) is 5.26 Å². The zero-order chi connectivity index (χ0) is 15.1. The van der Waals surface area contributed by atoms with E-state index in [1.807, 2.05) is 48.5 Å². The Morgan fingerprint density at radius 1 is 1.14 bits per heavy atom. The maximum absolute atomic E-state index is 8.46. The van der Waals surface area contributed by atoms with E-state index in [0.29, 0.717) is 12.3 Å². The van der Waals surface area contributed by atoms with Crippen molar-refractivity contribution in [2.24, 2.45) is 0 Å². The number of benzene rings is 2. The van der Waals surface area contributed by atoms with Crippen LogP contribution in [0.2, 0.25) is 0 Å². The van der Waals surface area contributed by atoms with Gasteiger partial charge in [-0.3, -0.25) is 0 Å². The molecule has 0 atom stereocenters. The second-order valence-electron chi connectivity index (χ2n) is 4.28. The van der Waals surface area contributed by atoms with Crippen LogP contribution in [0.25, 0.3) is 0 Å². The molecule has 2 aromatic carbocycles. The van der Waals surface area contributed by atoms with Gasteiger partial charge in [0.05, 0.1) is 7.11 Å². The molecule has 0 aliphatic carbocycles. The summed E-state index contributed by atoms with van der Waals surface area (Å²) in [6.07, 6.45) is 0. The van der Waals surface area contributed by atoms with Gasteiger partial charge in [0.2, 0.25) is 0 Å². The molecule has 0 aromatic heterocycles. The third-order valence-electron chi connectivity index (χ3n) is 2.89. The van der Waals surface area contributed by atoms with Crippen molar-refractivity contribution >= 4 is 21.6 Å². The molecule has 0 spiro atoms. The zero-order valence-electron chi connectivity index (χ0n) is 11.6. The van der Waals surface area contributed by atoms with Gasteiger partial charge in [-0.25, -0.2) is 0 Å². The Hall–Kier alpha value is -2.19. The van der Waals surface area contributed by atoms with Crippen LogP contribution < -0.4 is 14.8 Å². The van der Waals surface area contributed by atoms with Crippen LogP contribution in [0.15, 0.2) is 46.9 Å². The first-order valence-corrected chi connectivity index (χ1v) is 7.18. The van der Waals surface area contributed by atoms with Gasteiger partial charge < -0.3 is 14.8 Å². The average Bonchev–Trinajstić information content (AvgIpc) is 2.53. The average molecular weight is 347 g/mol. The first-order valence-electron chi connectivity index (χ1n) is 6.39. The van der Waals surface area contributed by atoms with Crippen LogP contribution in [0.4, 0.5) is 5.69 Å². The predicted octanol–water partition coefficient (Wildman–Crippen LogP) is 3.97. The van der Waals surface area contributed by atoms with Gasteiger partial charge in [-0.05, 0) is 48.0 Å². The lowest BCUT2D eigenvalue weighted by Gasteiger charge is -2.10. The normalized spacial score (nSPS) is 9.76. The summed E-state index contributed by atoms with van der Waals surface area (Å²) in [6.45, 7) is 0.736. The quantitative estimate of drug-likeness (QED) is 0.859. The van der Waals surface area contributed by atoms with E-state index in [4.69, 9.17) is 14.7 Å². The van der Waals surface area contributed by atoms with Crippen LogP contribution in [0.3, 0.4) is 0 Å². The molecule has 0 unspecified atom stereocenters. The molecule has 0 radical (unpaired) electrons. The number of hydrogen-bond acceptors (Lipinski definition) is 4.